The molecular weight excluding hydrogens is 442 g/mol. The predicted octanol–water partition coefficient (Wildman–Crippen LogP) is 7.14. The molecule has 0 bridgehead atoms. The Morgan fingerprint density at radius 1 is 1.00 bits per heavy atom. The minimum atomic E-state index is -0.0276. The van der Waals surface area contributed by atoms with Gasteiger partial charge in [0.25, 0.3) is 5.56 Å². The molecule has 0 saturated carbocycles. The van der Waals surface area contributed by atoms with E-state index < -0.39 is 0 Å². The zero-order valence-electron chi connectivity index (χ0n) is 21.6. The van der Waals surface area contributed by atoms with Crippen molar-refractivity contribution < 1.29 is 0 Å². The highest BCUT2D eigenvalue weighted by Crippen LogP contribution is 2.26. The van der Waals surface area contributed by atoms with E-state index in [4.69, 9.17) is 4.98 Å². The van der Waals surface area contributed by atoms with Gasteiger partial charge >= 0.3 is 0 Å². The summed E-state index contributed by atoms with van der Waals surface area (Å²) < 4.78 is 1.74. The van der Waals surface area contributed by atoms with E-state index in [2.05, 4.69) is 39.0 Å². The van der Waals surface area contributed by atoms with Gasteiger partial charge in [-0.25, -0.2) is 4.98 Å². The zero-order valence-corrected chi connectivity index (χ0v) is 21.6. The van der Waals surface area contributed by atoms with Crippen LogP contribution in [0.1, 0.15) is 73.3 Å². The second-order valence-electron chi connectivity index (χ2n) is 9.61. The molecule has 0 aliphatic rings. The maximum absolute atomic E-state index is 14.0. The van der Waals surface area contributed by atoms with Gasteiger partial charge in [0.05, 0.1) is 23.0 Å². The minimum absolute atomic E-state index is 0.0276. The van der Waals surface area contributed by atoms with Gasteiger partial charge in [-0.3, -0.25) is 9.36 Å². The van der Waals surface area contributed by atoms with Crippen LogP contribution in [0.25, 0.3) is 16.8 Å². The number of hydrogen-bond acceptors (Lipinski definition) is 3. The van der Waals surface area contributed by atoms with Crippen LogP contribution in [0.15, 0.2) is 77.6 Å². The van der Waals surface area contributed by atoms with Gasteiger partial charge in [-0.2, -0.15) is 5.26 Å². The Balaban J connectivity index is 1.81. The van der Waals surface area contributed by atoms with Crippen molar-refractivity contribution in [1.82, 2.24) is 9.55 Å². The summed E-state index contributed by atoms with van der Waals surface area (Å²) in [5.41, 5.74) is 7.03. The third kappa shape index (κ3) is 5.31. The number of nitriles is 1. The lowest BCUT2D eigenvalue weighted by molar-refractivity contribution is 0.733. The monoisotopic (exact) mass is 475 g/mol. The Hall–Kier alpha value is -3.97. The number of benzene rings is 3. The molecule has 0 amide bonds. The molecule has 0 spiro atoms. The highest BCUT2D eigenvalue weighted by molar-refractivity contribution is 5.71. The SMILES string of the molecule is CCCCc1nc(C)n(-c2cccc(C(C)C)c2)c(=O)c1Cc1ccc(-c2ccccc2)c(C#N)c1. The van der Waals surface area contributed by atoms with Crippen LogP contribution >= 0.6 is 0 Å². The lowest BCUT2D eigenvalue weighted by Crippen LogP contribution is -2.28. The Morgan fingerprint density at radius 3 is 2.47 bits per heavy atom. The molecule has 36 heavy (non-hydrogen) atoms. The van der Waals surface area contributed by atoms with Crippen LogP contribution in [0.5, 0.6) is 0 Å². The fraction of sp³-hybridized carbons (Fsp3) is 0.281. The molecule has 4 heteroatoms. The topological polar surface area (TPSA) is 58.7 Å². The number of aromatic nitrogens is 2. The van der Waals surface area contributed by atoms with Crippen LogP contribution in [0.4, 0.5) is 0 Å². The molecule has 0 fully saturated rings. The standard InChI is InChI=1S/C32H33N3O/c1-5-6-15-31-30(19-24-16-17-29(27(18-24)21-33)25-11-8-7-9-12-25)32(36)35(23(4)34-31)28-14-10-13-26(20-28)22(2)3/h7-14,16-18,20,22H,5-6,15,19H2,1-4H3. The first-order valence-electron chi connectivity index (χ1n) is 12.7. The average Bonchev–Trinajstić information content (AvgIpc) is 2.89. The van der Waals surface area contributed by atoms with Crippen molar-refractivity contribution in [3.05, 3.63) is 117 Å². The molecule has 0 saturated heterocycles. The van der Waals surface area contributed by atoms with Gasteiger partial charge < -0.3 is 0 Å². The summed E-state index contributed by atoms with van der Waals surface area (Å²) in [5.74, 6) is 1.07. The highest BCUT2D eigenvalue weighted by atomic mass is 16.1. The molecule has 0 atom stereocenters. The lowest BCUT2D eigenvalue weighted by atomic mass is 9.95. The van der Waals surface area contributed by atoms with E-state index in [1.165, 1.54) is 5.56 Å². The van der Waals surface area contributed by atoms with Crippen molar-refractivity contribution >= 4 is 0 Å². The molecule has 4 rings (SSSR count). The van der Waals surface area contributed by atoms with Crippen LogP contribution < -0.4 is 5.56 Å². The molecule has 182 valence electrons. The lowest BCUT2D eigenvalue weighted by Gasteiger charge is -2.17. The van der Waals surface area contributed by atoms with E-state index in [1.807, 2.05) is 67.6 Å². The smallest absolute Gasteiger partial charge is 0.261 e. The van der Waals surface area contributed by atoms with E-state index in [0.717, 1.165) is 47.3 Å². The van der Waals surface area contributed by atoms with Gasteiger partial charge in [0.2, 0.25) is 0 Å². The quantitative estimate of drug-likeness (QED) is 0.272. The Morgan fingerprint density at radius 2 is 1.78 bits per heavy atom. The molecule has 1 heterocycles. The van der Waals surface area contributed by atoms with E-state index >= 15 is 0 Å². The van der Waals surface area contributed by atoms with Crippen molar-refractivity contribution in [2.75, 3.05) is 0 Å². The molecule has 0 unspecified atom stereocenters. The maximum Gasteiger partial charge on any atom is 0.261 e. The molecule has 4 aromatic rings. The summed E-state index contributed by atoms with van der Waals surface area (Å²) in [5, 5.41) is 9.87. The number of unbranched alkanes of at least 4 members (excludes halogenated alkanes) is 1. The summed E-state index contributed by atoms with van der Waals surface area (Å²) in [6, 6.07) is 26.3. The summed E-state index contributed by atoms with van der Waals surface area (Å²) >= 11 is 0. The Kier molecular flexibility index (Phi) is 7.80. The van der Waals surface area contributed by atoms with E-state index in [0.29, 0.717) is 29.3 Å². The first-order valence-corrected chi connectivity index (χ1v) is 12.7. The number of nitrogens with zero attached hydrogens (tertiary/aromatic N) is 3. The van der Waals surface area contributed by atoms with Gasteiger partial charge in [-0.15, -0.1) is 0 Å². The largest absolute Gasteiger partial charge is 0.269 e. The molecular formula is C32H33N3O. The third-order valence-corrected chi connectivity index (χ3v) is 6.66. The van der Waals surface area contributed by atoms with Crippen molar-refractivity contribution in [3.63, 3.8) is 0 Å². The first-order chi connectivity index (χ1) is 17.4. The normalized spacial score (nSPS) is 11.0. The van der Waals surface area contributed by atoms with E-state index in [9.17, 15) is 10.1 Å². The zero-order chi connectivity index (χ0) is 25.7. The number of rotatable bonds is 8. The van der Waals surface area contributed by atoms with Gasteiger partial charge in [-0.1, -0.05) is 81.8 Å². The number of hydrogen-bond donors (Lipinski definition) is 0. The predicted molar refractivity (Wildman–Crippen MR) is 147 cm³/mol. The molecule has 0 aliphatic heterocycles. The van der Waals surface area contributed by atoms with Crippen LogP contribution in [0.3, 0.4) is 0 Å². The third-order valence-electron chi connectivity index (χ3n) is 6.66. The number of aryl methyl sites for hydroxylation is 2. The summed E-state index contributed by atoms with van der Waals surface area (Å²) in [4.78, 5) is 18.9. The van der Waals surface area contributed by atoms with Crippen LogP contribution in [0.2, 0.25) is 0 Å². The summed E-state index contributed by atoms with van der Waals surface area (Å²) in [6.07, 6.45) is 3.22. The highest BCUT2D eigenvalue weighted by Gasteiger charge is 2.17. The van der Waals surface area contributed by atoms with Crippen LogP contribution in [-0.2, 0) is 12.8 Å². The van der Waals surface area contributed by atoms with Crippen LogP contribution in [0, 0.1) is 18.3 Å². The van der Waals surface area contributed by atoms with E-state index in [1.54, 1.807) is 4.57 Å². The van der Waals surface area contributed by atoms with Crippen molar-refractivity contribution in [3.8, 4) is 22.9 Å². The first kappa shape index (κ1) is 25.1. The van der Waals surface area contributed by atoms with Crippen LogP contribution in [-0.4, -0.2) is 9.55 Å². The fourth-order valence-electron chi connectivity index (χ4n) is 4.64. The molecule has 0 N–H and O–H groups in total. The van der Waals surface area contributed by atoms with Gasteiger partial charge in [0, 0.05) is 12.0 Å². The second-order valence-corrected chi connectivity index (χ2v) is 9.61. The Labute approximate surface area is 213 Å². The average molecular weight is 476 g/mol. The maximum atomic E-state index is 14.0. The van der Waals surface area contributed by atoms with Gasteiger partial charge in [0.1, 0.15) is 5.82 Å². The molecule has 0 aliphatic carbocycles. The van der Waals surface area contributed by atoms with Gasteiger partial charge in [-0.05, 0) is 66.1 Å². The fourth-order valence-corrected chi connectivity index (χ4v) is 4.64. The van der Waals surface area contributed by atoms with Crippen molar-refractivity contribution in [2.45, 2.75) is 59.3 Å². The molecule has 4 nitrogen and oxygen atoms in total. The van der Waals surface area contributed by atoms with E-state index in [-0.39, 0.29) is 5.56 Å². The second kappa shape index (κ2) is 11.2. The minimum Gasteiger partial charge on any atom is -0.269 e. The molecule has 1 aromatic heterocycles. The Bertz CT molecular complexity index is 1460. The summed E-state index contributed by atoms with van der Waals surface area (Å²) in [7, 11) is 0. The van der Waals surface area contributed by atoms with Crippen molar-refractivity contribution in [2.24, 2.45) is 0 Å². The van der Waals surface area contributed by atoms with Crippen molar-refractivity contribution in [1.29, 1.82) is 5.26 Å². The summed E-state index contributed by atoms with van der Waals surface area (Å²) in [6.45, 7) is 8.36. The van der Waals surface area contributed by atoms with Gasteiger partial charge in [0.15, 0.2) is 0 Å². The molecule has 0 radical (unpaired) electrons. The molecule has 3 aromatic carbocycles.